The number of ether oxygens (including phenoxy) is 1. The fraction of sp³-hybridized carbons (Fsp3) is 0.455. The van der Waals surface area contributed by atoms with E-state index in [2.05, 4.69) is 5.32 Å². The number of carbonyl (C=O) groups is 2. The Hall–Kier alpha value is -1.86. The molecule has 1 aromatic rings. The third kappa shape index (κ3) is 3.86. The van der Waals surface area contributed by atoms with Gasteiger partial charge >= 0.3 is 5.97 Å². The Kier molecular flexibility index (Phi) is 5.34. The summed E-state index contributed by atoms with van der Waals surface area (Å²) in [6.07, 6.45) is 0.183. The number of hydrogen-bond acceptors (Lipinski definition) is 5. The van der Waals surface area contributed by atoms with Gasteiger partial charge in [0, 0.05) is 20.1 Å². The maximum absolute atomic E-state index is 11.7. The Morgan fingerprint density at radius 3 is 2.78 bits per heavy atom. The van der Waals surface area contributed by atoms with Crippen molar-refractivity contribution in [2.45, 2.75) is 19.0 Å². The van der Waals surface area contributed by atoms with Gasteiger partial charge in [-0.15, -0.1) is 0 Å². The van der Waals surface area contributed by atoms with Gasteiger partial charge in [0.25, 0.3) is 5.91 Å². The molecule has 1 heterocycles. The summed E-state index contributed by atoms with van der Waals surface area (Å²) in [6, 6.07) is 2.01. The molecule has 0 aliphatic heterocycles. The monoisotopic (exact) mass is 256 g/mol. The molecule has 1 atom stereocenters. The van der Waals surface area contributed by atoms with Crippen LogP contribution in [0.4, 0.5) is 0 Å². The minimum atomic E-state index is -1.12. The smallest absolute Gasteiger partial charge is 0.326 e. The molecule has 0 aliphatic rings. The maximum Gasteiger partial charge on any atom is 0.326 e. The Morgan fingerprint density at radius 1 is 1.56 bits per heavy atom. The van der Waals surface area contributed by atoms with Crippen LogP contribution < -0.4 is 11.1 Å². The third-order valence-electron chi connectivity index (χ3n) is 2.30. The fourth-order valence-corrected chi connectivity index (χ4v) is 1.33. The van der Waals surface area contributed by atoms with E-state index in [9.17, 15) is 9.59 Å². The lowest BCUT2D eigenvalue weighted by molar-refractivity contribution is -0.139. The molecule has 1 aromatic heterocycles. The minimum absolute atomic E-state index is 0.0408. The van der Waals surface area contributed by atoms with Gasteiger partial charge in [0.05, 0.1) is 6.54 Å². The molecular weight excluding hydrogens is 240 g/mol. The summed E-state index contributed by atoms with van der Waals surface area (Å²) in [5, 5.41) is 11.3. The Labute approximate surface area is 104 Å². The predicted molar refractivity (Wildman–Crippen MR) is 62.0 cm³/mol. The number of hydrogen-bond donors (Lipinski definition) is 3. The van der Waals surface area contributed by atoms with Crippen molar-refractivity contribution in [3.63, 3.8) is 0 Å². The maximum atomic E-state index is 11.7. The molecule has 0 radical (unpaired) electrons. The molecule has 100 valence electrons. The highest BCUT2D eigenvalue weighted by molar-refractivity contribution is 5.94. The SMILES string of the molecule is COCCC(NC(=O)c1ccc(CN)o1)C(=O)O. The van der Waals surface area contributed by atoms with Gasteiger partial charge in [0.2, 0.25) is 0 Å². The van der Waals surface area contributed by atoms with Crippen LogP contribution in [0.1, 0.15) is 22.7 Å². The largest absolute Gasteiger partial charge is 0.480 e. The predicted octanol–water partition coefficient (Wildman–Crippen LogP) is -0.0422. The van der Waals surface area contributed by atoms with E-state index in [-0.39, 0.29) is 25.3 Å². The fourth-order valence-electron chi connectivity index (χ4n) is 1.33. The van der Waals surface area contributed by atoms with Crippen LogP contribution in [0.25, 0.3) is 0 Å². The van der Waals surface area contributed by atoms with Gasteiger partial charge in [-0.05, 0) is 12.1 Å². The van der Waals surface area contributed by atoms with Crippen LogP contribution in [0.5, 0.6) is 0 Å². The van der Waals surface area contributed by atoms with E-state index in [0.717, 1.165) is 0 Å². The van der Waals surface area contributed by atoms with Gasteiger partial charge in [-0.25, -0.2) is 4.79 Å². The molecule has 0 aliphatic carbocycles. The summed E-state index contributed by atoms with van der Waals surface area (Å²) in [4.78, 5) is 22.6. The Balaban J connectivity index is 2.62. The molecule has 4 N–H and O–H groups in total. The number of rotatable bonds is 7. The number of carboxylic acid groups (broad SMARTS) is 1. The number of amides is 1. The lowest BCUT2D eigenvalue weighted by Crippen LogP contribution is -2.41. The molecule has 7 heteroatoms. The number of carboxylic acids is 1. The van der Waals surface area contributed by atoms with Crippen LogP contribution >= 0.6 is 0 Å². The summed E-state index contributed by atoms with van der Waals surface area (Å²) in [7, 11) is 1.46. The number of nitrogens with two attached hydrogens (primary N) is 1. The van der Waals surface area contributed by atoms with E-state index in [1.54, 1.807) is 6.07 Å². The molecular formula is C11H16N2O5. The highest BCUT2D eigenvalue weighted by Crippen LogP contribution is 2.07. The molecule has 1 rings (SSSR count). The van der Waals surface area contributed by atoms with Crippen LogP contribution in [0, 0.1) is 0 Å². The van der Waals surface area contributed by atoms with E-state index in [0.29, 0.717) is 5.76 Å². The van der Waals surface area contributed by atoms with Gasteiger partial charge in [0.15, 0.2) is 5.76 Å². The van der Waals surface area contributed by atoms with E-state index in [1.165, 1.54) is 13.2 Å². The number of methoxy groups -OCH3 is 1. The van der Waals surface area contributed by atoms with Crippen LogP contribution in [-0.2, 0) is 16.1 Å². The van der Waals surface area contributed by atoms with Gasteiger partial charge < -0.3 is 25.3 Å². The molecule has 1 unspecified atom stereocenters. The molecule has 7 nitrogen and oxygen atoms in total. The van der Waals surface area contributed by atoms with Crippen molar-refractivity contribution in [1.82, 2.24) is 5.32 Å². The van der Waals surface area contributed by atoms with Crippen LogP contribution in [-0.4, -0.2) is 36.7 Å². The highest BCUT2D eigenvalue weighted by Gasteiger charge is 2.21. The average molecular weight is 256 g/mol. The minimum Gasteiger partial charge on any atom is -0.480 e. The van der Waals surface area contributed by atoms with Crippen molar-refractivity contribution in [2.24, 2.45) is 5.73 Å². The van der Waals surface area contributed by atoms with Crippen molar-refractivity contribution in [1.29, 1.82) is 0 Å². The van der Waals surface area contributed by atoms with Gasteiger partial charge in [-0.3, -0.25) is 4.79 Å². The standard InChI is InChI=1S/C11H16N2O5/c1-17-5-4-8(11(15)16)13-10(14)9-3-2-7(6-12)18-9/h2-3,8H,4-6,12H2,1H3,(H,13,14)(H,15,16). The number of carbonyl (C=O) groups excluding carboxylic acids is 1. The zero-order valence-electron chi connectivity index (χ0n) is 10.0. The number of nitrogens with one attached hydrogen (secondary N) is 1. The van der Waals surface area contributed by atoms with Gasteiger partial charge in [-0.1, -0.05) is 0 Å². The van der Waals surface area contributed by atoms with E-state index in [4.69, 9.17) is 20.0 Å². The molecule has 0 bridgehead atoms. The van der Waals surface area contributed by atoms with Gasteiger partial charge in [-0.2, -0.15) is 0 Å². The average Bonchev–Trinajstić information content (AvgIpc) is 2.82. The molecule has 0 spiro atoms. The summed E-state index contributed by atoms with van der Waals surface area (Å²) >= 11 is 0. The Bertz CT molecular complexity index is 415. The summed E-state index contributed by atoms with van der Waals surface area (Å²) in [5.74, 6) is -1.20. The first-order valence-electron chi connectivity index (χ1n) is 5.40. The zero-order chi connectivity index (χ0) is 13.5. The number of furan rings is 1. The van der Waals surface area contributed by atoms with Crippen molar-refractivity contribution in [2.75, 3.05) is 13.7 Å². The van der Waals surface area contributed by atoms with Crippen LogP contribution in [0.2, 0.25) is 0 Å². The zero-order valence-corrected chi connectivity index (χ0v) is 10.0. The Morgan fingerprint density at radius 2 is 2.28 bits per heavy atom. The molecule has 0 saturated heterocycles. The van der Waals surface area contributed by atoms with Crippen LogP contribution in [0.3, 0.4) is 0 Å². The van der Waals surface area contributed by atoms with Gasteiger partial charge in [0.1, 0.15) is 11.8 Å². The molecule has 0 aromatic carbocycles. The lowest BCUT2D eigenvalue weighted by Gasteiger charge is -2.12. The summed E-state index contributed by atoms with van der Waals surface area (Å²) in [6.45, 7) is 0.419. The molecule has 18 heavy (non-hydrogen) atoms. The molecule has 0 saturated carbocycles. The first kappa shape index (κ1) is 14.2. The van der Waals surface area contributed by atoms with E-state index >= 15 is 0 Å². The summed E-state index contributed by atoms with van der Waals surface area (Å²) < 4.78 is 9.90. The third-order valence-corrected chi connectivity index (χ3v) is 2.30. The summed E-state index contributed by atoms with van der Waals surface area (Å²) in [5.41, 5.74) is 5.34. The second kappa shape index (κ2) is 6.77. The normalized spacial score (nSPS) is 12.1. The quantitative estimate of drug-likeness (QED) is 0.630. The number of aliphatic carboxylic acids is 1. The highest BCUT2D eigenvalue weighted by atomic mass is 16.5. The van der Waals surface area contributed by atoms with E-state index < -0.39 is 17.9 Å². The van der Waals surface area contributed by atoms with E-state index in [1.807, 2.05) is 0 Å². The van der Waals surface area contributed by atoms with Crippen molar-refractivity contribution >= 4 is 11.9 Å². The first-order chi connectivity index (χ1) is 8.58. The second-order valence-corrected chi connectivity index (χ2v) is 3.62. The van der Waals surface area contributed by atoms with Crippen LogP contribution in [0.15, 0.2) is 16.5 Å². The first-order valence-corrected chi connectivity index (χ1v) is 5.40. The lowest BCUT2D eigenvalue weighted by atomic mass is 10.2. The van der Waals surface area contributed by atoms with Crippen molar-refractivity contribution in [3.05, 3.63) is 23.7 Å². The molecule has 0 fully saturated rings. The van der Waals surface area contributed by atoms with Crippen molar-refractivity contribution < 1.29 is 23.8 Å². The topological polar surface area (TPSA) is 115 Å². The molecule has 1 amide bonds. The second-order valence-electron chi connectivity index (χ2n) is 3.62. The van der Waals surface area contributed by atoms with Crippen molar-refractivity contribution in [3.8, 4) is 0 Å².